The first-order valence-corrected chi connectivity index (χ1v) is 5.74. The van der Waals surface area contributed by atoms with Gasteiger partial charge < -0.3 is 11.1 Å². The van der Waals surface area contributed by atoms with E-state index in [1.165, 1.54) is 38.5 Å². The minimum Gasteiger partial charge on any atom is -0.370 e. The van der Waals surface area contributed by atoms with Crippen molar-refractivity contribution < 1.29 is 0 Å². The fourth-order valence-corrected chi connectivity index (χ4v) is 1.97. The first-order valence-electron chi connectivity index (χ1n) is 5.74. The molecule has 3 nitrogen and oxygen atoms in total. The van der Waals surface area contributed by atoms with Crippen LogP contribution in [0.25, 0.3) is 0 Å². The number of hydrogen-bond acceptors (Lipinski definition) is 1. The maximum Gasteiger partial charge on any atom is 0.188 e. The van der Waals surface area contributed by atoms with Crippen molar-refractivity contribution in [3.63, 3.8) is 0 Å². The van der Waals surface area contributed by atoms with E-state index in [0.29, 0.717) is 17.4 Å². The van der Waals surface area contributed by atoms with Crippen LogP contribution >= 0.6 is 0 Å². The molecule has 14 heavy (non-hydrogen) atoms. The summed E-state index contributed by atoms with van der Waals surface area (Å²) in [6.45, 7) is 3.18. The van der Waals surface area contributed by atoms with Gasteiger partial charge in [0.2, 0.25) is 0 Å². The second-order valence-corrected chi connectivity index (χ2v) is 5.14. The molecular weight excluding hydrogens is 174 g/mol. The third kappa shape index (κ3) is 2.63. The minimum absolute atomic E-state index is 0.474. The van der Waals surface area contributed by atoms with Gasteiger partial charge in [0, 0.05) is 12.6 Å². The molecule has 0 aliphatic heterocycles. The van der Waals surface area contributed by atoms with E-state index >= 15 is 0 Å². The highest BCUT2D eigenvalue weighted by molar-refractivity contribution is 5.78. The van der Waals surface area contributed by atoms with Crippen molar-refractivity contribution in [2.45, 2.75) is 51.5 Å². The predicted octanol–water partition coefficient (Wildman–Crippen LogP) is 1.63. The molecule has 2 aliphatic carbocycles. The van der Waals surface area contributed by atoms with Crippen molar-refractivity contribution in [1.82, 2.24) is 5.32 Å². The number of nitrogens with two attached hydrogens (primary N) is 1. The van der Waals surface area contributed by atoms with Crippen LogP contribution in [-0.2, 0) is 0 Å². The van der Waals surface area contributed by atoms with Crippen molar-refractivity contribution in [2.75, 3.05) is 6.54 Å². The molecule has 0 heterocycles. The summed E-state index contributed by atoms with van der Waals surface area (Å²) in [6, 6.07) is 0.589. The average Bonchev–Trinajstić information content (AvgIpc) is 2.67. The Morgan fingerprint density at radius 1 is 1.43 bits per heavy atom. The second kappa shape index (κ2) is 3.79. The first kappa shape index (κ1) is 9.81. The van der Waals surface area contributed by atoms with Crippen molar-refractivity contribution >= 4 is 5.96 Å². The van der Waals surface area contributed by atoms with Crippen molar-refractivity contribution in [3.05, 3.63) is 0 Å². The molecule has 0 unspecified atom stereocenters. The van der Waals surface area contributed by atoms with Gasteiger partial charge in [0.05, 0.1) is 0 Å². The van der Waals surface area contributed by atoms with Crippen LogP contribution in [0.1, 0.15) is 45.4 Å². The van der Waals surface area contributed by atoms with Gasteiger partial charge in [-0.25, -0.2) is 0 Å². The van der Waals surface area contributed by atoms with Crippen molar-refractivity contribution in [2.24, 2.45) is 16.1 Å². The van der Waals surface area contributed by atoms with Gasteiger partial charge in [0.1, 0.15) is 0 Å². The molecule has 0 saturated heterocycles. The standard InChI is InChI=1S/C11H21N3/c1-11(6-7-11)8-13-10(12)14-9-4-2-3-5-9/h9H,2-8H2,1H3,(H3,12,13,14). The number of guanidine groups is 1. The Balaban J connectivity index is 1.73. The first-order chi connectivity index (χ1) is 6.68. The van der Waals surface area contributed by atoms with Gasteiger partial charge in [-0.2, -0.15) is 0 Å². The Morgan fingerprint density at radius 3 is 2.64 bits per heavy atom. The summed E-state index contributed by atoms with van der Waals surface area (Å²) in [5, 5.41) is 3.31. The smallest absolute Gasteiger partial charge is 0.188 e. The van der Waals surface area contributed by atoms with Gasteiger partial charge in [0.25, 0.3) is 0 Å². The van der Waals surface area contributed by atoms with E-state index < -0.39 is 0 Å². The van der Waals surface area contributed by atoms with Gasteiger partial charge in [-0.15, -0.1) is 0 Å². The highest BCUT2D eigenvalue weighted by Gasteiger charge is 2.36. The minimum atomic E-state index is 0.474. The number of hydrogen-bond donors (Lipinski definition) is 2. The molecular formula is C11H21N3. The molecule has 3 N–H and O–H groups in total. The van der Waals surface area contributed by atoms with E-state index in [0.717, 1.165) is 6.54 Å². The highest BCUT2D eigenvalue weighted by Crippen LogP contribution is 2.44. The SMILES string of the molecule is CC1(CN=C(N)NC2CCCC2)CC1. The molecule has 0 bridgehead atoms. The molecule has 3 heteroatoms. The van der Waals surface area contributed by atoms with E-state index in [9.17, 15) is 0 Å². The quantitative estimate of drug-likeness (QED) is 0.531. The Hall–Kier alpha value is -0.730. The molecule has 0 aromatic rings. The molecule has 2 saturated carbocycles. The predicted molar refractivity (Wildman–Crippen MR) is 59.2 cm³/mol. The van der Waals surface area contributed by atoms with Crippen molar-refractivity contribution in [1.29, 1.82) is 0 Å². The lowest BCUT2D eigenvalue weighted by molar-refractivity contribution is 0.579. The summed E-state index contributed by atoms with van der Waals surface area (Å²) in [5.41, 5.74) is 6.30. The summed E-state index contributed by atoms with van der Waals surface area (Å²) < 4.78 is 0. The molecule has 0 aromatic carbocycles. The Kier molecular flexibility index (Phi) is 2.66. The highest BCUT2D eigenvalue weighted by atomic mass is 15.1. The Morgan fingerprint density at radius 2 is 2.07 bits per heavy atom. The average molecular weight is 195 g/mol. The maximum absolute atomic E-state index is 5.83. The van der Waals surface area contributed by atoms with Crippen LogP contribution in [0.4, 0.5) is 0 Å². The molecule has 0 atom stereocenters. The van der Waals surface area contributed by atoms with Crippen LogP contribution in [0.2, 0.25) is 0 Å². The lowest BCUT2D eigenvalue weighted by atomic mass is 10.1. The summed E-state index contributed by atoms with van der Waals surface area (Å²) in [6.07, 6.45) is 7.81. The summed E-state index contributed by atoms with van der Waals surface area (Å²) in [5.74, 6) is 0.657. The third-order valence-electron chi connectivity index (χ3n) is 3.44. The number of nitrogens with one attached hydrogen (secondary N) is 1. The van der Waals surface area contributed by atoms with Gasteiger partial charge in [0.15, 0.2) is 5.96 Å². The largest absolute Gasteiger partial charge is 0.370 e. The van der Waals surface area contributed by atoms with Gasteiger partial charge in [-0.3, -0.25) is 4.99 Å². The van der Waals surface area contributed by atoms with Crippen molar-refractivity contribution in [3.8, 4) is 0 Å². The van der Waals surface area contributed by atoms with Crippen LogP contribution in [0, 0.1) is 5.41 Å². The second-order valence-electron chi connectivity index (χ2n) is 5.14. The normalized spacial score (nSPS) is 26.5. The monoisotopic (exact) mass is 195 g/mol. The van der Waals surface area contributed by atoms with Crippen LogP contribution < -0.4 is 11.1 Å². The van der Waals surface area contributed by atoms with E-state index in [4.69, 9.17) is 5.73 Å². The van der Waals surface area contributed by atoms with Gasteiger partial charge in [-0.05, 0) is 31.1 Å². The molecule has 2 rings (SSSR count). The van der Waals surface area contributed by atoms with Crippen LogP contribution in [0.15, 0.2) is 4.99 Å². The third-order valence-corrected chi connectivity index (χ3v) is 3.44. The Labute approximate surface area is 86.2 Å². The zero-order valence-electron chi connectivity index (χ0n) is 9.05. The fourth-order valence-electron chi connectivity index (χ4n) is 1.97. The number of aliphatic imine (C=N–C) groups is 1. The molecule has 0 aromatic heterocycles. The lowest BCUT2D eigenvalue weighted by Crippen LogP contribution is -2.38. The molecule has 80 valence electrons. The molecule has 0 amide bonds. The Bertz CT molecular complexity index is 225. The van der Waals surface area contributed by atoms with E-state index in [1.807, 2.05) is 0 Å². The molecule has 0 spiro atoms. The van der Waals surface area contributed by atoms with Crippen LogP contribution in [0.3, 0.4) is 0 Å². The van der Waals surface area contributed by atoms with E-state index in [1.54, 1.807) is 0 Å². The van der Waals surface area contributed by atoms with E-state index in [2.05, 4.69) is 17.2 Å². The zero-order chi connectivity index (χ0) is 10.0. The summed E-state index contributed by atoms with van der Waals surface area (Å²) >= 11 is 0. The summed E-state index contributed by atoms with van der Waals surface area (Å²) in [7, 11) is 0. The van der Waals surface area contributed by atoms with Crippen LogP contribution in [-0.4, -0.2) is 18.5 Å². The molecule has 0 radical (unpaired) electrons. The van der Waals surface area contributed by atoms with E-state index in [-0.39, 0.29) is 0 Å². The number of nitrogens with zero attached hydrogens (tertiary/aromatic N) is 1. The molecule has 2 fully saturated rings. The summed E-state index contributed by atoms with van der Waals surface area (Å²) in [4.78, 5) is 4.40. The zero-order valence-corrected chi connectivity index (χ0v) is 9.05. The lowest BCUT2D eigenvalue weighted by Gasteiger charge is -2.13. The maximum atomic E-state index is 5.83. The van der Waals surface area contributed by atoms with Gasteiger partial charge in [-0.1, -0.05) is 19.8 Å². The topological polar surface area (TPSA) is 50.4 Å². The fraction of sp³-hybridized carbons (Fsp3) is 0.909. The van der Waals surface area contributed by atoms with Gasteiger partial charge >= 0.3 is 0 Å². The number of rotatable bonds is 3. The molecule has 2 aliphatic rings. The van der Waals surface area contributed by atoms with Crippen LogP contribution in [0.5, 0.6) is 0 Å².